The second-order valence-electron chi connectivity index (χ2n) is 5.94. The van der Waals surface area contributed by atoms with Crippen molar-refractivity contribution < 1.29 is 4.39 Å². The highest BCUT2D eigenvalue weighted by Crippen LogP contribution is 2.12. The predicted molar refractivity (Wildman–Crippen MR) is 82.6 cm³/mol. The third-order valence-corrected chi connectivity index (χ3v) is 3.71. The number of rotatable bonds is 6. The van der Waals surface area contributed by atoms with Crippen LogP contribution >= 0.6 is 0 Å². The molecule has 0 radical (unpaired) electrons. The molecule has 1 aromatic rings. The molecule has 1 saturated heterocycles. The van der Waals surface area contributed by atoms with Gasteiger partial charge < -0.3 is 10.2 Å². The minimum atomic E-state index is -0.172. The van der Waals surface area contributed by atoms with E-state index in [9.17, 15) is 4.39 Å². The molecule has 1 aliphatic rings. The fraction of sp³-hybridized carbons (Fsp3) is 0.625. The van der Waals surface area contributed by atoms with Gasteiger partial charge in [0.05, 0.1) is 5.69 Å². The SMILES string of the molecule is CC(C)CN1CCN(CCNc2ccccc2F)CC1. The van der Waals surface area contributed by atoms with Gasteiger partial charge in [-0.2, -0.15) is 0 Å². The van der Waals surface area contributed by atoms with Crippen LogP contribution in [0.25, 0.3) is 0 Å². The average molecular weight is 279 g/mol. The molecule has 0 bridgehead atoms. The zero-order valence-corrected chi connectivity index (χ0v) is 12.6. The standard InChI is InChI=1S/C16H26FN3/c1-14(2)13-20-11-9-19(10-12-20)8-7-18-16-6-4-3-5-15(16)17/h3-6,14,18H,7-13H2,1-2H3. The van der Waals surface area contributed by atoms with Crippen LogP contribution in [0.5, 0.6) is 0 Å². The van der Waals surface area contributed by atoms with E-state index in [-0.39, 0.29) is 5.82 Å². The number of para-hydroxylation sites is 1. The van der Waals surface area contributed by atoms with Gasteiger partial charge in [0, 0.05) is 45.8 Å². The Kier molecular flexibility index (Phi) is 5.80. The summed E-state index contributed by atoms with van der Waals surface area (Å²) in [6.07, 6.45) is 0. The lowest BCUT2D eigenvalue weighted by molar-refractivity contribution is 0.125. The van der Waals surface area contributed by atoms with Gasteiger partial charge in [-0.1, -0.05) is 26.0 Å². The van der Waals surface area contributed by atoms with Crippen molar-refractivity contribution in [2.75, 3.05) is 51.1 Å². The first-order chi connectivity index (χ1) is 9.65. The molecule has 0 atom stereocenters. The molecule has 4 heteroatoms. The summed E-state index contributed by atoms with van der Waals surface area (Å²) < 4.78 is 13.4. The van der Waals surface area contributed by atoms with Crippen LogP contribution in [0.2, 0.25) is 0 Å². The van der Waals surface area contributed by atoms with Crippen LogP contribution in [0, 0.1) is 11.7 Å². The number of hydrogen-bond donors (Lipinski definition) is 1. The van der Waals surface area contributed by atoms with Crippen molar-refractivity contribution in [1.82, 2.24) is 9.80 Å². The van der Waals surface area contributed by atoms with E-state index in [0.717, 1.165) is 45.2 Å². The minimum Gasteiger partial charge on any atom is -0.381 e. The van der Waals surface area contributed by atoms with E-state index in [0.29, 0.717) is 5.69 Å². The van der Waals surface area contributed by atoms with E-state index in [4.69, 9.17) is 0 Å². The van der Waals surface area contributed by atoms with Gasteiger partial charge in [-0.3, -0.25) is 4.90 Å². The summed E-state index contributed by atoms with van der Waals surface area (Å²) in [5, 5.41) is 3.17. The number of benzene rings is 1. The second kappa shape index (κ2) is 7.60. The van der Waals surface area contributed by atoms with Crippen LogP contribution in [0.1, 0.15) is 13.8 Å². The molecule has 1 N–H and O–H groups in total. The van der Waals surface area contributed by atoms with E-state index >= 15 is 0 Å². The summed E-state index contributed by atoms with van der Waals surface area (Å²) in [5.74, 6) is 0.568. The van der Waals surface area contributed by atoms with Gasteiger partial charge in [0.2, 0.25) is 0 Å². The van der Waals surface area contributed by atoms with E-state index < -0.39 is 0 Å². The Balaban J connectivity index is 1.65. The number of piperazine rings is 1. The molecule has 112 valence electrons. The molecule has 0 saturated carbocycles. The lowest BCUT2D eigenvalue weighted by atomic mass is 10.2. The van der Waals surface area contributed by atoms with Crippen LogP contribution in [0.15, 0.2) is 24.3 Å². The maximum absolute atomic E-state index is 13.4. The first kappa shape index (κ1) is 15.3. The van der Waals surface area contributed by atoms with Crippen molar-refractivity contribution in [3.63, 3.8) is 0 Å². The van der Waals surface area contributed by atoms with E-state index in [2.05, 4.69) is 29.0 Å². The smallest absolute Gasteiger partial charge is 0.146 e. The number of nitrogens with zero attached hydrogens (tertiary/aromatic N) is 2. The molecule has 0 unspecified atom stereocenters. The van der Waals surface area contributed by atoms with Crippen molar-refractivity contribution >= 4 is 5.69 Å². The maximum atomic E-state index is 13.4. The summed E-state index contributed by atoms with van der Waals surface area (Å²) in [7, 11) is 0. The Morgan fingerprint density at radius 1 is 1.10 bits per heavy atom. The molecule has 0 aromatic heterocycles. The highest BCUT2D eigenvalue weighted by Gasteiger charge is 2.16. The number of nitrogens with one attached hydrogen (secondary N) is 1. The molecule has 1 aromatic carbocycles. The third kappa shape index (κ3) is 4.76. The Hall–Kier alpha value is -1.13. The second-order valence-corrected chi connectivity index (χ2v) is 5.94. The molecule has 20 heavy (non-hydrogen) atoms. The lowest BCUT2D eigenvalue weighted by Gasteiger charge is -2.35. The normalized spacial score (nSPS) is 17.6. The highest BCUT2D eigenvalue weighted by molar-refractivity contribution is 5.44. The van der Waals surface area contributed by atoms with Crippen molar-refractivity contribution in [2.45, 2.75) is 13.8 Å². The molecule has 1 fully saturated rings. The van der Waals surface area contributed by atoms with Crippen molar-refractivity contribution in [3.05, 3.63) is 30.1 Å². The van der Waals surface area contributed by atoms with Crippen molar-refractivity contribution in [2.24, 2.45) is 5.92 Å². The van der Waals surface area contributed by atoms with Gasteiger partial charge in [0.15, 0.2) is 0 Å². The quantitative estimate of drug-likeness (QED) is 0.863. The Bertz CT molecular complexity index is 400. The summed E-state index contributed by atoms with van der Waals surface area (Å²) in [4.78, 5) is 4.98. The number of hydrogen-bond acceptors (Lipinski definition) is 3. The van der Waals surface area contributed by atoms with Gasteiger partial charge in [0.1, 0.15) is 5.82 Å². The molecule has 2 rings (SSSR count). The molecule has 3 nitrogen and oxygen atoms in total. The minimum absolute atomic E-state index is 0.172. The van der Waals surface area contributed by atoms with Crippen molar-refractivity contribution in [3.8, 4) is 0 Å². The Labute approximate surface area is 121 Å². The van der Waals surface area contributed by atoms with Crippen LogP contribution in [0.4, 0.5) is 10.1 Å². The predicted octanol–water partition coefficient (Wildman–Crippen LogP) is 2.51. The van der Waals surface area contributed by atoms with Crippen LogP contribution < -0.4 is 5.32 Å². The topological polar surface area (TPSA) is 18.5 Å². The van der Waals surface area contributed by atoms with Gasteiger partial charge in [-0.25, -0.2) is 4.39 Å². The lowest BCUT2D eigenvalue weighted by Crippen LogP contribution is -2.48. The monoisotopic (exact) mass is 279 g/mol. The molecule has 1 heterocycles. The zero-order chi connectivity index (χ0) is 14.4. The highest BCUT2D eigenvalue weighted by atomic mass is 19.1. The fourth-order valence-corrected chi connectivity index (χ4v) is 2.67. The average Bonchev–Trinajstić information content (AvgIpc) is 2.42. The van der Waals surface area contributed by atoms with Gasteiger partial charge in [-0.15, -0.1) is 0 Å². The first-order valence-corrected chi connectivity index (χ1v) is 7.58. The van der Waals surface area contributed by atoms with Gasteiger partial charge in [-0.05, 0) is 18.1 Å². The Morgan fingerprint density at radius 2 is 1.75 bits per heavy atom. The van der Waals surface area contributed by atoms with E-state index in [1.165, 1.54) is 12.6 Å². The molecular weight excluding hydrogens is 253 g/mol. The molecular formula is C16H26FN3. The summed E-state index contributed by atoms with van der Waals surface area (Å²) in [6, 6.07) is 6.85. The third-order valence-electron chi connectivity index (χ3n) is 3.71. The van der Waals surface area contributed by atoms with Crippen molar-refractivity contribution in [1.29, 1.82) is 0 Å². The largest absolute Gasteiger partial charge is 0.381 e. The maximum Gasteiger partial charge on any atom is 0.146 e. The van der Waals surface area contributed by atoms with Crippen LogP contribution in [0.3, 0.4) is 0 Å². The Morgan fingerprint density at radius 3 is 2.40 bits per heavy atom. The fourth-order valence-electron chi connectivity index (χ4n) is 2.67. The summed E-state index contributed by atoms with van der Waals surface area (Å²) in [5.41, 5.74) is 0.603. The van der Waals surface area contributed by atoms with Gasteiger partial charge >= 0.3 is 0 Å². The van der Waals surface area contributed by atoms with E-state index in [1.807, 2.05) is 6.07 Å². The molecule has 0 aliphatic carbocycles. The van der Waals surface area contributed by atoms with E-state index in [1.54, 1.807) is 12.1 Å². The molecule has 0 spiro atoms. The summed E-state index contributed by atoms with van der Waals surface area (Å²) in [6.45, 7) is 12.0. The molecule has 1 aliphatic heterocycles. The number of halogens is 1. The zero-order valence-electron chi connectivity index (χ0n) is 12.6. The summed E-state index contributed by atoms with van der Waals surface area (Å²) >= 11 is 0. The van der Waals surface area contributed by atoms with Gasteiger partial charge in [0.25, 0.3) is 0 Å². The first-order valence-electron chi connectivity index (χ1n) is 7.58. The number of anilines is 1. The molecule has 0 amide bonds. The van der Waals surface area contributed by atoms with Crippen LogP contribution in [-0.4, -0.2) is 55.6 Å². The van der Waals surface area contributed by atoms with Crippen LogP contribution in [-0.2, 0) is 0 Å².